The van der Waals surface area contributed by atoms with E-state index in [-0.39, 0.29) is 30.4 Å². The van der Waals surface area contributed by atoms with E-state index < -0.39 is 0 Å². The second-order valence-corrected chi connectivity index (χ2v) is 5.45. The van der Waals surface area contributed by atoms with Crippen LogP contribution in [0.1, 0.15) is 24.2 Å². The maximum absolute atomic E-state index is 12.5. The molecule has 106 valence electrons. The Kier molecular flexibility index (Phi) is 5.93. The van der Waals surface area contributed by atoms with Crippen LogP contribution in [0.25, 0.3) is 0 Å². The molecular formula is C13H17Cl3N2O. The average molecular weight is 324 g/mol. The number of amides is 1. The van der Waals surface area contributed by atoms with Gasteiger partial charge >= 0.3 is 0 Å². The normalized spacial score (nSPS) is 22.8. The molecule has 1 fully saturated rings. The molecule has 0 spiro atoms. The molecule has 0 radical (unpaired) electrons. The van der Waals surface area contributed by atoms with Crippen molar-refractivity contribution < 1.29 is 4.79 Å². The third kappa shape index (κ3) is 3.54. The molecule has 1 N–H and O–H groups in total. The maximum Gasteiger partial charge on any atom is 0.255 e. The number of nitrogens with zero attached hydrogens (tertiary/aromatic N) is 1. The van der Waals surface area contributed by atoms with Crippen molar-refractivity contribution in [2.45, 2.75) is 25.9 Å². The summed E-state index contributed by atoms with van der Waals surface area (Å²) in [6.45, 7) is 5.62. The van der Waals surface area contributed by atoms with Gasteiger partial charge in [0, 0.05) is 30.2 Å². The molecule has 1 aliphatic heterocycles. The summed E-state index contributed by atoms with van der Waals surface area (Å²) < 4.78 is 0. The van der Waals surface area contributed by atoms with Gasteiger partial charge in [-0.25, -0.2) is 0 Å². The average Bonchev–Trinajstić information content (AvgIpc) is 2.32. The highest BCUT2D eigenvalue weighted by molar-refractivity contribution is 6.36. The van der Waals surface area contributed by atoms with E-state index in [4.69, 9.17) is 23.2 Å². The van der Waals surface area contributed by atoms with Crippen LogP contribution < -0.4 is 5.32 Å². The Bertz CT molecular complexity index is 467. The van der Waals surface area contributed by atoms with Crippen LogP contribution in [0, 0.1) is 0 Å². The van der Waals surface area contributed by atoms with Crippen molar-refractivity contribution in [1.29, 1.82) is 0 Å². The summed E-state index contributed by atoms with van der Waals surface area (Å²) >= 11 is 11.9. The highest BCUT2D eigenvalue weighted by Crippen LogP contribution is 2.23. The Labute approximate surface area is 129 Å². The van der Waals surface area contributed by atoms with E-state index in [0.717, 1.165) is 6.54 Å². The van der Waals surface area contributed by atoms with Gasteiger partial charge in [0.25, 0.3) is 5.91 Å². The second-order valence-electron chi connectivity index (χ2n) is 4.61. The van der Waals surface area contributed by atoms with Crippen LogP contribution in [0.4, 0.5) is 0 Å². The second kappa shape index (κ2) is 6.80. The highest BCUT2D eigenvalue weighted by atomic mass is 35.5. The first kappa shape index (κ1) is 16.6. The lowest BCUT2D eigenvalue weighted by Crippen LogP contribution is -2.57. The molecule has 1 saturated heterocycles. The number of rotatable bonds is 1. The first-order chi connectivity index (χ1) is 8.50. The summed E-state index contributed by atoms with van der Waals surface area (Å²) in [4.78, 5) is 14.3. The van der Waals surface area contributed by atoms with Gasteiger partial charge in [-0.15, -0.1) is 12.4 Å². The minimum Gasteiger partial charge on any atom is -0.333 e. The zero-order valence-electron chi connectivity index (χ0n) is 10.8. The van der Waals surface area contributed by atoms with Gasteiger partial charge in [-0.05, 0) is 32.0 Å². The molecule has 1 aromatic carbocycles. The fourth-order valence-electron chi connectivity index (χ4n) is 2.16. The van der Waals surface area contributed by atoms with Crippen LogP contribution in [0.5, 0.6) is 0 Å². The topological polar surface area (TPSA) is 32.3 Å². The Balaban J connectivity index is 0.00000180. The number of nitrogens with one attached hydrogen (secondary N) is 1. The van der Waals surface area contributed by atoms with Crippen molar-refractivity contribution in [2.75, 3.05) is 13.1 Å². The molecule has 1 heterocycles. The van der Waals surface area contributed by atoms with Gasteiger partial charge in [0.1, 0.15) is 0 Å². The van der Waals surface area contributed by atoms with E-state index in [0.29, 0.717) is 22.2 Å². The van der Waals surface area contributed by atoms with Crippen molar-refractivity contribution in [3.8, 4) is 0 Å². The standard InChI is InChI=1S/C13H16Cl2N2O.ClH/c1-8-9(2)17(6-5-16-8)13(18)11-4-3-10(14)7-12(11)15;/h3-4,7-9,16H,5-6H2,1-2H3;1H. The summed E-state index contributed by atoms with van der Waals surface area (Å²) in [5.41, 5.74) is 0.516. The fourth-order valence-corrected chi connectivity index (χ4v) is 2.65. The molecule has 0 bridgehead atoms. The van der Waals surface area contributed by atoms with E-state index >= 15 is 0 Å². The van der Waals surface area contributed by atoms with Gasteiger partial charge in [0.05, 0.1) is 10.6 Å². The number of carbonyl (C=O) groups is 1. The smallest absolute Gasteiger partial charge is 0.255 e. The van der Waals surface area contributed by atoms with Gasteiger partial charge in [-0.1, -0.05) is 23.2 Å². The van der Waals surface area contributed by atoms with E-state index in [1.54, 1.807) is 18.2 Å². The van der Waals surface area contributed by atoms with Crippen LogP contribution in [-0.4, -0.2) is 36.0 Å². The van der Waals surface area contributed by atoms with Crippen LogP contribution in [-0.2, 0) is 0 Å². The molecule has 1 aliphatic rings. The van der Waals surface area contributed by atoms with Gasteiger partial charge in [-0.2, -0.15) is 0 Å². The number of hydrogen-bond acceptors (Lipinski definition) is 2. The van der Waals surface area contributed by atoms with Crippen molar-refractivity contribution in [3.63, 3.8) is 0 Å². The third-order valence-corrected chi connectivity index (χ3v) is 4.00. The Morgan fingerprint density at radius 1 is 1.37 bits per heavy atom. The zero-order valence-corrected chi connectivity index (χ0v) is 13.1. The first-order valence-corrected chi connectivity index (χ1v) is 6.75. The lowest BCUT2D eigenvalue weighted by atomic mass is 10.1. The van der Waals surface area contributed by atoms with Gasteiger partial charge in [0.15, 0.2) is 0 Å². The summed E-state index contributed by atoms with van der Waals surface area (Å²) in [6, 6.07) is 5.42. The van der Waals surface area contributed by atoms with Crippen LogP contribution in [0.2, 0.25) is 10.0 Å². The summed E-state index contributed by atoms with van der Waals surface area (Å²) in [5, 5.41) is 4.29. The largest absolute Gasteiger partial charge is 0.333 e. The van der Waals surface area contributed by atoms with E-state index in [9.17, 15) is 4.79 Å². The first-order valence-electron chi connectivity index (χ1n) is 6.00. The predicted molar refractivity (Wildman–Crippen MR) is 81.7 cm³/mol. The molecule has 3 nitrogen and oxygen atoms in total. The molecular weight excluding hydrogens is 307 g/mol. The SMILES string of the molecule is CC1NCCN(C(=O)c2ccc(Cl)cc2Cl)C1C.Cl. The Morgan fingerprint density at radius 3 is 2.68 bits per heavy atom. The Hall–Kier alpha value is -0.480. The fraction of sp³-hybridized carbons (Fsp3) is 0.462. The number of hydrogen-bond donors (Lipinski definition) is 1. The van der Waals surface area contributed by atoms with Crippen molar-refractivity contribution in [1.82, 2.24) is 10.2 Å². The van der Waals surface area contributed by atoms with Gasteiger partial charge in [0.2, 0.25) is 0 Å². The lowest BCUT2D eigenvalue weighted by Gasteiger charge is -2.38. The maximum atomic E-state index is 12.5. The van der Waals surface area contributed by atoms with E-state index in [1.165, 1.54) is 0 Å². The molecule has 2 unspecified atom stereocenters. The van der Waals surface area contributed by atoms with E-state index in [2.05, 4.69) is 12.2 Å². The molecule has 0 aromatic heterocycles. The molecule has 19 heavy (non-hydrogen) atoms. The number of halogens is 3. The van der Waals surface area contributed by atoms with Gasteiger partial charge in [-0.3, -0.25) is 4.79 Å². The summed E-state index contributed by atoms with van der Waals surface area (Å²) in [6.07, 6.45) is 0. The van der Waals surface area contributed by atoms with Crippen molar-refractivity contribution in [2.24, 2.45) is 0 Å². The summed E-state index contributed by atoms with van der Waals surface area (Å²) in [7, 11) is 0. The number of piperazine rings is 1. The molecule has 2 rings (SSSR count). The molecule has 0 aliphatic carbocycles. The minimum atomic E-state index is -0.0301. The van der Waals surface area contributed by atoms with Crippen molar-refractivity contribution >= 4 is 41.5 Å². The molecule has 2 atom stereocenters. The minimum absolute atomic E-state index is 0. The Morgan fingerprint density at radius 2 is 2.05 bits per heavy atom. The zero-order chi connectivity index (χ0) is 13.3. The molecule has 6 heteroatoms. The molecule has 0 saturated carbocycles. The summed E-state index contributed by atoms with van der Waals surface area (Å²) in [5.74, 6) is -0.0301. The predicted octanol–water partition coefficient (Wildman–Crippen LogP) is 3.24. The van der Waals surface area contributed by atoms with Crippen molar-refractivity contribution in [3.05, 3.63) is 33.8 Å². The number of benzene rings is 1. The van der Waals surface area contributed by atoms with E-state index in [1.807, 2.05) is 11.8 Å². The third-order valence-electron chi connectivity index (χ3n) is 3.46. The molecule has 1 amide bonds. The molecule has 1 aromatic rings. The van der Waals surface area contributed by atoms with Crippen LogP contribution >= 0.6 is 35.6 Å². The van der Waals surface area contributed by atoms with Gasteiger partial charge < -0.3 is 10.2 Å². The van der Waals surface area contributed by atoms with Crippen LogP contribution in [0.3, 0.4) is 0 Å². The highest BCUT2D eigenvalue weighted by Gasteiger charge is 2.29. The number of carbonyl (C=O) groups excluding carboxylic acids is 1. The van der Waals surface area contributed by atoms with Crippen LogP contribution in [0.15, 0.2) is 18.2 Å². The monoisotopic (exact) mass is 322 g/mol. The lowest BCUT2D eigenvalue weighted by molar-refractivity contribution is 0.0603. The quantitative estimate of drug-likeness (QED) is 0.860.